The van der Waals surface area contributed by atoms with Crippen molar-refractivity contribution in [3.05, 3.63) is 23.3 Å². The van der Waals surface area contributed by atoms with Gasteiger partial charge in [0.2, 0.25) is 0 Å². The van der Waals surface area contributed by atoms with E-state index < -0.39 is 0 Å². The molecule has 0 unspecified atom stereocenters. The molecular formula is C13H17NO3. The maximum atomic E-state index is 5.81. The lowest BCUT2D eigenvalue weighted by Crippen LogP contribution is -2.27. The van der Waals surface area contributed by atoms with E-state index in [2.05, 4.69) is 11.4 Å². The number of ether oxygens (including phenoxy) is 3. The van der Waals surface area contributed by atoms with Gasteiger partial charge in [0.15, 0.2) is 11.5 Å². The molecule has 2 aliphatic heterocycles. The van der Waals surface area contributed by atoms with Crippen LogP contribution in [0.15, 0.2) is 12.1 Å². The molecule has 3 rings (SSSR count). The van der Waals surface area contributed by atoms with E-state index in [1.54, 1.807) is 0 Å². The topological polar surface area (TPSA) is 39.7 Å². The first kappa shape index (κ1) is 10.9. The van der Waals surface area contributed by atoms with Gasteiger partial charge in [-0.15, -0.1) is 0 Å². The molecule has 0 fully saturated rings. The first-order valence-electron chi connectivity index (χ1n) is 6.07. The number of hydrogen-bond acceptors (Lipinski definition) is 4. The predicted octanol–water partition coefficient (Wildman–Crippen LogP) is 1.29. The summed E-state index contributed by atoms with van der Waals surface area (Å²) < 4.78 is 17.2. The molecule has 0 amide bonds. The van der Waals surface area contributed by atoms with Crippen molar-refractivity contribution in [1.29, 1.82) is 0 Å². The van der Waals surface area contributed by atoms with Gasteiger partial charge in [-0.3, -0.25) is 0 Å². The number of benzene rings is 1. The third-order valence-corrected chi connectivity index (χ3v) is 3.24. The van der Waals surface area contributed by atoms with Gasteiger partial charge in [-0.1, -0.05) is 6.07 Å². The molecule has 0 saturated carbocycles. The lowest BCUT2D eigenvalue weighted by molar-refractivity contribution is 0.0391. The monoisotopic (exact) mass is 235 g/mol. The molecule has 0 spiro atoms. The van der Waals surface area contributed by atoms with Crippen LogP contribution >= 0.6 is 0 Å². The summed E-state index contributed by atoms with van der Waals surface area (Å²) in [7, 11) is 1.93. The zero-order chi connectivity index (χ0) is 11.7. The molecule has 4 nitrogen and oxygen atoms in total. The van der Waals surface area contributed by atoms with Crippen LogP contribution in [0.5, 0.6) is 11.5 Å². The van der Waals surface area contributed by atoms with Gasteiger partial charge in [-0.2, -0.15) is 0 Å². The van der Waals surface area contributed by atoms with E-state index in [0.29, 0.717) is 13.2 Å². The standard InChI is InChI=1S/C13H17NO3/c1-14-8-11-12-9(4-5-15-11)2-3-10-13(12)17-7-6-16-10/h2-3,11,14H,4-8H2,1H3/t11-/m0/s1. The Labute approximate surface area is 101 Å². The van der Waals surface area contributed by atoms with Crippen molar-refractivity contribution < 1.29 is 14.2 Å². The molecule has 0 aliphatic carbocycles. The summed E-state index contributed by atoms with van der Waals surface area (Å²) in [6, 6.07) is 4.14. The van der Waals surface area contributed by atoms with Crippen LogP contribution < -0.4 is 14.8 Å². The second-order valence-corrected chi connectivity index (χ2v) is 4.33. The Morgan fingerprint density at radius 1 is 1.24 bits per heavy atom. The maximum Gasteiger partial charge on any atom is 0.167 e. The van der Waals surface area contributed by atoms with E-state index in [4.69, 9.17) is 14.2 Å². The van der Waals surface area contributed by atoms with E-state index in [9.17, 15) is 0 Å². The number of rotatable bonds is 2. The quantitative estimate of drug-likeness (QED) is 0.838. The second-order valence-electron chi connectivity index (χ2n) is 4.33. The first-order chi connectivity index (χ1) is 8.40. The van der Waals surface area contributed by atoms with Crippen molar-refractivity contribution >= 4 is 0 Å². The Balaban J connectivity index is 2.05. The van der Waals surface area contributed by atoms with E-state index in [1.165, 1.54) is 11.1 Å². The normalized spacial score (nSPS) is 22.1. The van der Waals surface area contributed by atoms with E-state index in [1.807, 2.05) is 13.1 Å². The van der Waals surface area contributed by atoms with Gasteiger partial charge in [-0.25, -0.2) is 0 Å². The minimum Gasteiger partial charge on any atom is -0.486 e. The molecule has 0 aromatic heterocycles. The van der Waals surface area contributed by atoms with Crippen LogP contribution in [-0.4, -0.2) is 33.4 Å². The summed E-state index contributed by atoms with van der Waals surface area (Å²) in [6.45, 7) is 2.82. The third kappa shape index (κ3) is 1.87. The Morgan fingerprint density at radius 3 is 3.00 bits per heavy atom. The fourth-order valence-electron chi connectivity index (χ4n) is 2.49. The molecule has 4 heteroatoms. The molecule has 1 N–H and O–H groups in total. The largest absolute Gasteiger partial charge is 0.486 e. The number of fused-ring (bicyclic) bond motifs is 3. The van der Waals surface area contributed by atoms with Crippen molar-refractivity contribution in [3.63, 3.8) is 0 Å². The molecule has 1 aromatic rings. The average Bonchev–Trinajstić information content (AvgIpc) is 2.39. The number of nitrogens with one attached hydrogen (secondary N) is 1. The fourth-order valence-corrected chi connectivity index (χ4v) is 2.49. The molecular weight excluding hydrogens is 218 g/mol. The SMILES string of the molecule is CNC[C@@H]1OCCc2ccc3c(c21)OCCO3. The zero-order valence-electron chi connectivity index (χ0n) is 9.99. The van der Waals surface area contributed by atoms with Crippen LogP contribution in [0, 0.1) is 0 Å². The smallest absolute Gasteiger partial charge is 0.167 e. The molecule has 92 valence electrons. The summed E-state index contributed by atoms with van der Waals surface area (Å²) in [5.41, 5.74) is 2.49. The third-order valence-electron chi connectivity index (χ3n) is 3.24. The highest BCUT2D eigenvalue weighted by Crippen LogP contribution is 2.42. The van der Waals surface area contributed by atoms with Gasteiger partial charge in [0.05, 0.1) is 12.7 Å². The number of likely N-dealkylation sites (N-methyl/N-ethyl adjacent to an activating group) is 1. The highest BCUT2D eigenvalue weighted by Gasteiger charge is 2.28. The van der Waals surface area contributed by atoms with Gasteiger partial charge in [0, 0.05) is 12.1 Å². The molecule has 2 aliphatic rings. The van der Waals surface area contributed by atoms with Crippen molar-refractivity contribution in [2.75, 3.05) is 33.4 Å². The first-order valence-corrected chi connectivity index (χ1v) is 6.07. The lowest BCUT2D eigenvalue weighted by Gasteiger charge is -2.30. The average molecular weight is 235 g/mol. The van der Waals surface area contributed by atoms with Gasteiger partial charge in [0.1, 0.15) is 13.2 Å². The Bertz CT molecular complexity index is 419. The van der Waals surface area contributed by atoms with Gasteiger partial charge < -0.3 is 19.5 Å². The molecule has 0 saturated heterocycles. The highest BCUT2D eigenvalue weighted by molar-refractivity contribution is 5.53. The van der Waals surface area contributed by atoms with E-state index >= 15 is 0 Å². The van der Waals surface area contributed by atoms with E-state index in [-0.39, 0.29) is 6.10 Å². The molecule has 0 radical (unpaired) electrons. The summed E-state index contributed by atoms with van der Waals surface area (Å²) in [4.78, 5) is 0. The molecule has 2 heterocycles. The Morgan fingerprint density at radius 2 is 2.12 bits per heavy atom. The predicted molar refractivity (Wildman–Crippen MR) is 63.8 cm³/mol. The Hall–Kier alpha value is -1.26. The van der Waals surface area contributed by atoms with Crippen molar-refractivity contribution in [2.24, 2.45) is 0 Å². The minimum atomic E-state index is 0.0698. The Kier molecular flexibility index (Phi) is 2.91. The van der Waals surface area contributed by atoms with Crippen LogP contribution in [0.1, 0.15) is 17.2 Å². The summed E-state index contributed by atoms with van der Waals surface area (Å²) in [5, 5.41) is 3.16. The molecule has 1 atom stereocenters. The van der Waals surface area contributed by atoms with Gasteiger partial charge in [0.25, 0.3) is 0 Å². The summed E-state index contributed by atoms with van der Waals surface area (Å²) in [6.07, 6.45) is 1.02. The van der Waals surface area contributed by atoms with Crippen molar-refractivity contribution in [3.8, 4) is 11.5 Å². The maximum absolute atomic E-state index is 5.81. The lowest BCUT2D eigenvalue weighted by atomic mass is 9.95. The summed E-state index contributed by atoms with van der Waals surface area (Å²) >= 11 is 0. The fraction of sp³-hybridized carbons (Fsp3) is 0.538. The van der Waals surface area contributed by atoms with E-state index in [0.717, 1.165) is 31.1 Å². The number of hydrogen-bond donors (Lipinski definition) is 1. The molecule has 1 aromatic carbocycles. The van der Waals surface area contributed by atoms with Gasteiger partial charge in [-0.05, 0) is 25.1 Å². The van der Waals surface area contributed by atoms with Gasteiger partial charge >= 0.3 is 0 Å². The minimum absolute atomic E-state index is 0.0698. The van der Waals surface area contributed by atoms with Crippen LogP contribution in [0.4, 0.5) is 0 Å². The van der Waals surface area contributed by atoms with Crippen molar-refractivity contribution in [2.45, 2.75) is 12.5 Å². The highest BCUT2D eigenvalue weighted by atomic mass is 16.6. The molecule has 17 heavy (non-hydrogen) atoms. The van der Waals surface area contributed by atoms with Crippen molar-refractivity contribution in [1.82, 2.24) is 5.32 Å². The molecule has 0 bridgehead atoms. The van der Waals surface area contributed by atoms with Crippen LogP contribution in [0.3, 0.4) is 0 Å². The van der Waals surface area contributed by atoms with Crippen LogP contribution in [-0.2, 0) is 11.2 Å². The van der Waals surface area contributed by atoms with Crippen LogP contribution in [0.2, 0.25) is 0 Å². The second kappa shape index (κ2) is 4.55. The van der Waals surface area contributed by atoms with Crippen LogP contribution in [0.25, 0.3) is 0 Å². The zero-order valence-corrected chi connectivity index (χ0v) is 9.99. The summed E-state index contributed by atoms with van der Waals surface area (Å²) in [5.74, 6) is 1.73.